The molecule has 1 atom stereocenters. The van der Waals surface area contributed by atoms with E-state index >= 15 is 0 Å². The lowest BCUT2D eigenvalue weighted by molar-refractivity contribution is 0.0687. The number of aromatic nitrogens is 1. The van der Waals surface area contributed by atoms with E-state index in [1.165, 1.54) is 5.56 Å². The van der Waals surface area contributed by atoms with Crippen molar-refractivity contribution in [3.63, 3.8) is 0 Å². The van der Waals surface area contributed by atoms with Gasteiger partial charge in [0.2, 0.25) is 10.0 Å². The van der Waals surface area contributed by atoms with Gasteiger partial charge in [-0.2, -0.15) is 4.31 Å². The summed E-state index contributed by atoms with van der Waals surface area (Å²) in [7, 11) is -1.91. The molecule has 1 aromatic carbocycles. The minimum absolute atomic E-state index is 0.0517. The number of piperidine rings is 1. The third-order valence-corrected chi connectivity index (χ3v) is 9.30. The molecule has 0 aliphatic carbocycles. The normalized spacial score (nSPS) is 20.9. The van der Waals surface area contributed by atoms with Gasteiger partial charge in [-0.1, -0.05) is 19.1 Å². The van der Waals surface area contributed by atoms with Gasteiger partial charge < -0.3 is 14.4 Å². The fraction of sp³-hybridized carbons (Fsp3) is 0.560. The largest absolute Gasteiger partial charge is 0.366 e. The highest BCUT2D eigenvalue weighted by atomic mass is 32.2. The molecule has 8 heteroatoms. The van der Waals surface area contributed by atoms with Crippen LogP contribution in [0.5, 0.6) is 0 Å². The van der Waals surface area contributed by atoms with Crippen LogP contribution in [-0.2, 0) is 17.1 Å². The Morgan fingerprint density at radius 2 is 1.70 bits per heavy atom. The van der Waals surface area contributed by atoms with Crippen molar-refractivity contribution in [1.82, 2.24) is 13.8 Å². The first-order valence-corrected chi connectivity index (χ1v) is 13.3. The number of nitrogens with zero attached hydrogens (tertiary/aromatic N) is 4. The average Bonchev–Trinajstić information content (AvgIpc) is 3.09. The summed E-state index contributed by atoms with van der Waals surface area (Å²) in [6.45, 7) is 11.0. The SMILES string of the molecule is Cc1cccc(N2CCN(S(=O)(=O)c3cc(C(=O)N4CCC(C)CC4)n(C)c3C)CC2C)c1. The van der Waals surface area contributed by atoms with Gasteiger partial charge in [-0.05, 0) is 63.3 Å². The molecular formula is C25H36N4O3S. The number of hydrogen-bond acceptors (Lipinski definition) is 4. The summed E-state index contributed by atoms with van der Waals surface area (Å²) in [6, 6.07) is 9.96. The monoisotopic (exact) mass is 472 g/mol. The van der Waals surface area contributed by atoms with E-state index in [-0.39, 0.29) is 16.8 Å². The van der Waals surface area contributed by atoms with Crippen LogP contribution in [0.25, 0.3) is 0 Å². The fourth-order valence-corrected chi connectivity index (χ4v) is 6.77. The van der Waals surface area contributed by atoms with Crippen molar-refractivity contribution < 1.29 is 13.2 Å². The summed E-state index contributed by atoms with van der Waals surface area (Å²) >= 11 is 0. The number of aryl methyl sites for hydroxylation is 1. The van der Waals surface area contributed by atoms with Gasteiger partial charge in [0.25, 0.3) is 5.91 Å². The Kier molecular flexibility index (Phi) is 6.60. The van der Waals surface area contributed by atoms with E-state index in [0.29, 0.717) is 36.9 Å². The molecule has 1 unspecified atom stereocenters. The molecule has 0 bridgehead atoms. The summed E-state index contributed by atoms with van der Waals surface area (Å²) in [4.78, 5) is 17.5. The van der Waals surface area contributed by atoms with Crippen molar-refractivity contribution in [3.05, 3.63) is 47.3 Å². The Morgan fingerprint density at radius 1 is 1.00 bits per heavy atom. The molecule has 1 aromatic heterocycles. The van der Waals surface area contributed by atoms with Crippen molar-refractivity contribution >= 4 is 21.6 Å². The van der Waals surface area contributed by atoms with Gasteiger partial charge in [0.1, 0.15) is 10.6 Å². The number of carbonyl (C=O) groups excluding carboxylic acids is 1. The summed E-state index contributed by atoms with van der Waals surface area (Å²) in [5, 5.41) is 0. The smallest absolute Gasteiger partial charge is 0.270 e. The molecule has 0 N–H and O–H groups in total. The molecular weight excluding hydrogens is 436 g/mol. The standard InChI is InChI=1S/C25H36N4O3S/c1-18-9-11-27(12-10-18)25(30)23-16-24(21(4)26(23)5)33(31,32)28-13-14-29(20(3)17-28)22-8-6-7-19(2)15-22/h6-8,15-16,18,20H,9-14,17H2,1-5H3. The second-order valence-electron chi connectivity index (χ2n) is 9.76. The lowest BCUT2D eigenvalue weighted by Gasteiger charge is -2.40. The number of sulfonamides is 1. The van der Waals surface area contributed by atoms with E-state index in [4.69, 9.17) is 0 Å². The minimum atomic E-state index is -3.70. The fourth-order valence-electron chi connectivity index (χ4n) is 4.98. The molecule has 0 radical (unpaired) electrons. The summed E-state index contributed by atoms with van der Waals surface area (Å²) < 4.78 is 30.6. The third kappa shape index (κ3) is 4.55. The van der Waals surface area contributed by atoms with Gasteiger partial charge in [0, 0.05) is 57.2 Å². The van der Waals surface area contributed by atoms with E-state index in [2.05, 4.69) is 43.9 Å². The number of amides is 1. The van der Waals surface area contributed by atoms with Crippen LogP contribution < -0.4 is 4.90 Å². The number of piperazine rings is 1. The van der Waals surface area contributed by atoms with Crippen LogP contribution in [0.2, 0.25) is 0 Å². The Bertz CT molecular complexity index is 1130. The van der Waals surface area contributed by atoms with E-state index in [9.17, 15) is 13.2 Å². The van der Waals surface area contributed by atoms with Crippen molar-refractivity contribution in [2.45, 2.75) is 51.5 Å². The molecule has 3 heterocycles. The zero-order chi connectivity index (χ0) is 23.9. The number of rotatable bonds is 4. The average molecular weight is 473 g/mol. The van der Waals surface area contributed by atoms with Gasteiger partial charge in [0.05, 0.1) is 0 Å². The molecule has 2 fully saturated rings. The number of carbonyl (C=O) groups is 1. The third-order valence-electron chi connectivity index (χ3n) is 7.32. The highest BCUT2D eigenvalue weighted by Gasteiger charge is 2.35. The van der Waals surface area contributed by atoms with Crippen molar-refractivity contribution in [2.75, 3.05) is 37.6 Å². The molecule has 7 nitrogen and oxygen atoms in total. The Labute approximate surface area is 198 Å². The van der Waals surface area contributed by atoms with E-state index in [1.54, 1.807) is 28.9 Å². The Morgan fingerprint density at radius 3 is 2.33 bits per heavy atom. The van der Waals surface area contributed by atoms with E-state index in [1.807, 2.05) is 11.0 Å². The van der Waals surface area contributed by atoms with Gasteiger partial charge in [-0.25, -0.2) is 8.42 Å². The van der Waals surface area contributed by atoms with Crippen LogP contribution in [0.3, 0.4) is 0 Å². The van der Waals surface area contributed by atoms with Crippen LogP contribution in [0.15, 0.2) is 35.2 Å². The molecule has 2 aliphatic rings. The lowest BCUT2D eigenvalue weighted by atomic mass is 9.99. The second-order valence-corrected chi connectivity index (χ2v) is 11.7. The lowest BCUT2D eigenvalue weighted by Crippen LogP contribution is -2.53. The number of benzene rings is 1. The zero-order valence-corrected chi connectivity index (χ0v) is 21.2. The van der Waals surface area contributed by atoms with Gasteiger partial charge >= 0.3 is 0 Å². The quantitative estimate of drug-likeness (QED) is 0.684. The van der Waals surface area contributed by atoms with E-state index in [0.717, 1.165) is 31.6 Å². The first-order valence-electron chi connectivity index (χ1n) is 11.9. The Hall–Kier alpha value is -2.32. The first-order chi connectivity index (χ1) is 15.6. The Balaban J connectivity index is 1.54. The molecule has 33 heavy (non-hydrogen) atoms. The molecule has 180 valence electrons. The van der Waals surface area contributed by atoms with E-state index < -0.39 is 10.0 Å². The maximum Gasteiger partial charge on any atom is 0.270 e. The molecule has 4 rings (SSSR count). The predicted octanol–water partition coefficient (Wildman–Crippen LogP) is 3.41. The maximum absolute atomic E-state index is 13.6. The molecule has 0 spiro atoms. The number of likely N-dealkylation sites (tertiary alicyclic amines) is 1. The second kappa shape index (κ2) is 9.14. The molecule has 1 amide bonds. The van der Waals surface area contributed by atoms with Gasteiger partial charge in [-0.15, -0.1) is 0 Å². The van der Waals surface area contributed by atoms with Crippen LogP contribution in [0.4, 0.5) is 5.69 Å². The predicted molar refractivity (Wildman–Crippen MR) is 131 cm³/mol. The minimum Gasteiger partial charge on any atom is -0.366 e. The maximum atomic E-state index is 13.6. The first kappa shape index (κ1) is 23.8. The number of anilines is 1. The summed E-state index contributed by atoms with van der Waals surface area (Å²) in [5.74, 6) is 0.548. The topological polar surface area (TPSA) is 65.9 Å². The van der Waals surface area contributed by atoms with Crippen molar-refractivity contribution in [2.24, 2.45) is 13.0 Å². The highest BCUT2D eigenvalue weighted by Crippen LogP contribution is 2.29. The molecule has 2 aliphatic heterocycles. The van der Waals surface area contributed by atoms with Gasteiger partial charge in [-0.3, -0.25) is 4.79 Å². The number of hydrogen-bond donors (Lipinski definition) is 0. The van der Waals surface area contributed by atoms with Crippen LogP contribution in [0.1, 0.15) is 48.4 Å². The highest BCUT2D eigenvalue weighted by molar-refractivity contribution is 7.89. The molecule has 2 aromatic rings. The molecule has 2 saturated heterocycles. The van der Waals surface area contributed by atoms with Crippen LogP contribution in [-0.4, -0.2) is 66.9 Å². The zero-order valence-electron chi connectivity index (χ0n) is 20.4. The van der Waals surface area contributed by atoms with Gasteiger partial charge in [0.15, 0.2) is 0 Å². The molecule has 0 saturated carbocycles. The van der Waals surface area contributed by atoms with Crippen LogP contribution >= 0.6 is 0 Å². The van der Waals surface area contributed by atoms with Crippen molar-refractivity contribution in [1.29, 1.82) is 0 Å². The summed E-state index contributed by atoms with van der Waals surface area (Å²) in [5.41, 5.74) is 3.37. The van der Waals surface area contributed by atoms with Crippen LogP contribution in [0, 0.1) is 19.8 Å². The van der Waals surface area contributed by atoms with Crippen molar-refractivity contribution in [3.8, 4) is 0 Å². The summed E-state index contributed by atoms with van der Waals surface area (Å²) in [6.07, 6.45) is 1.98.